The Hall–Kier alpha value is -2.66. The SMILES string of the molecule is COc1cccc2c1CCN(Cc1ccc(-n3ccnc3)nc1)CC2. The van der Waals surface area contributed by atoms with Crippen LogP contribution in [-0.4, -0.2) is 39.6 Å². The van der Waals surface area contributed by atoms with E-state index in [4.69, 9.17) is 4.74 Å². The van der Waals surface area contributed by atoms with Crippen molar-refractivity contribution in [2.45, 2.75) is 19.4 Å². The number of imidazole rings is 1. The molecule has 5 nitrogen and oxygen atoms in total. The maximum absolute atomic E-state index is 5.53. The van der Waals surface area contributed by atoms with Crippen LogP contribution in [0.15, 0.2) is 55.2 Å². The number of aromatic nitrogens is 3. The summed E-state index contributed by atoms with van der Waals surface area (Å²) in [5.74, 6) is 1.92. The summed E-state index contributed by atoms with van der Waals surface area (Å²) in [6.45, 7) is 3.02. The molecule has 128 valence electrons. The van der Waals surface area contributed by atoms with Crippen LogP contribution < -0.4 is 4.74 Å². The molecule has 1 aliphatic rings. The molecule has 25 heavy (non-hydrogen) atoms. The fraction of sp³-hybridized carbons (Fsp3) is 0.300. The second-order valence-corrected chi connectivity index (χ2v) is 6.37. The summed E-state index contributed by atoms with van der Waals surface area (Å²) < 4.78 is 7.45. The number of hydrogen-bond acceptors (Lipinski definition) is 4. The number of nitrogens with zero attached hydrogens (tertiary/aromatic N) is 4. The first-order valence-electron chi connectivity index (χ1n) is 8.64. The van der Waals surface area contributed by atoms with Gasteiger partial charge in [0.25, 0.3) is 0 Å². The van der Waals surface area contributed by atoms with Crippen molar-refractivity contribution in [3.8, 4) is 11.6 Å². The van der Waals surface area contributed by atoms with Gasteiger partial charge in [-0.05, 0) is 41.7 Å². The van der Waals surface area contributed by atoms with Gasteiger partial charge in [-0.2, -0.15) is 0 Å². The molecule has 3 heterocycles. The smallest absolute Gasteiger partial charge is 0.137 e. The zero-order valence-electron chi connectivity index (χ0n) is 14.4. The Bertz CT molecular complexity index is 827. The van der Waals surface area contributed by atoms with E-state index >= 15 is 0 Å². The lowest BCUT2D eigenvalue weighted by Gasteiger charge is -2.19. The average Bonchev–Trinajstić information content (AvgIpc) is 3.11. The molecular formula is C20H22N4O. The second kappa shape index (κ2) is 7.07. The lowest BCUT2D eigenvalue weighted by atomic mass is 10.0. The highest BCUT2D eigenvalue weighted by Gasteiger charge is 2.17. The monoisotopic (exact) mass is 334 g/mol. The van der Waals surface area contributed by atoms with Gasteiger partial charge in [0, 0.05) is 38.2 Å². The molecule has 0 N–H and O–H groups in total. The number of ether oxygens (including phenoxy) is 1. The normalized spacial score (nSPS) is 14.8. The average molecular weight is 334 g/mol. The second-order valence-electron chi connectivity index (χ2n) is 6.37. The predicted molar refractivity (Wildman–Crippen MR) is 97.0 cm³/mol. The molecule has 0 radical (unpaired) electrons. The van der Waals surface area contributed by atoms with Gasteiger partial charge in [-0.15, -0.1) is 0 Å². The van der Waals surface area contributed by atoms with Crippen molar-refractivity contribution in [1.29, 1.82) is 0 Å². The van der Waals surface area contributed by atoms with Gasteiger partial charge in [-0.1, -0.05) is 18.2 Å². The first kappa shape index (κ1) is 15.8. The summed E-state index contributed by atoms with van der Waals surface area (Å²) in [7, 11) is 1.76. The van der Waals surface area contributed by atoms with E-state index < -0.39 is 0 Å². The van der Waals surface area contributed by atoms with Crippen LogP contribution in [0.25, 0.3) is 5.82 Å². The molecule has 2 aromatic heterocycles. The van der Waals surface area contributed by atoms with Crippen molar-refractivity contribution < 1.29 is 4.74 Å². The largest absolute Gasteiger partial charge is 0.496 e. The van der Waals surface area contributed by atoms with E-state index in [9.17, 15) is 0 Å². The molecule has 0 aliphatic carbocycles. The number of hydrogen-bond donors (Lipinski definition) is 0. The Labute approximate surface area is 147 Å². The van der Waals surface area contributed by atoms with Crippen molar-refractivity contribution in [2.24, 2.45) is 0 Å². The third-order valence-corrected chi connectivity index (χ3v) is 4.81. The standard InChI is InChI=1S/C20H22N4O/c1-25-19-4-2-3-17-7-10-23(11-8-18(17)19)14-16-5-6-20(22-13-16)24-12-9-21-15-24/h2-6,9,12-13,15H,7-8,10-11,14H2,1H3. The van der Waals surface area contributed by atoms with E-state index in [-0.39, 0.29) is 0 Å². The fourth-order valence-electron chi connectivity index (χ4n) is 3.45. The first-order chi connectivity index (χ1) is 12.3. The minimum absolute atomic E-state index is 0.897. The third-order valence-electron chi connectivity index (χ3n) is 4.81. The van der Waals surface area contributed by atoms with E-state index in [0.29, 0.717) is 0 Å². The molecule has 4 rings (SSSR count). The zero-order chi connectivity index (χ0) is 17.1. The minimum atomic E-state index is 0.897. The Morgan fingerprint density at radius 3 is 2.80 bits per heavy atom. The Balaban J connectivity index is 1.44. The molecule has 1 aliphatic heterocycles. The molecule has 1 aromatic carbocycles. The molecular weight excluding hydrogens is 312 g/mol. The molecule has 0 fully saturated rings. The van der Waals surface area contributed by atoms with Gasteiger partial charge in [0.1, 0.15) is 17.9 Å². The van der Waals surface area contributed by atoms with Crippen LogP contribution in [0.3, 0.4) is 0 Å². The van der Waals surface area contributed by atoms with E-state index in [2.05, 4.69) is 39.1 Å². The number of benzene rings is 1. The van der Waals surface area contributed by atoms with Crippen molar-refractivity contribution in [3.05, 3.63) is 71.9 Å². The number of methoxy groups -OCH3 is 1. The minimum Gasteiger partial charge on any atom is -0.496 e. The van der Waals surface area contributed by atoms with Crippen LogP contribution in [0.2, 0.25) is 0 Å². The summed E-state index contributed by atoms with van der Waals surface area (Å²) in [4.78, 5) is 11.1. The molecule has 0 bridgehead atoms. The highest BCUT2D eigenvalue weighted by atomic mass is 16.5. The van der Waals surface area contributed by atoms with Gasteiger partial charge in [0.05, 0.1) is 7.11 Å². The molecule has 5 heteroatoms. The van der Waals surface area contributed by atoms with E-state index in [0.717, 1.165) is 44.0 Å². The maximum Gasteiger partial charge on any atom is 0.137 e. The molecule has 0 atom stereocenters. The first-order valence-corrected chi connectivity index (χ1v) is 8.64. The number of fused-ring (bicyclic) bond motifs is 1. The molecule has 0 saturated heterocycles. The lowest BCUT2D eigenvalue weighted by Crippen LogP contribution is -2.26. The predicted octanol–water partition coefficient (Wildman–Crippen LogP) is 2.88. The van der Waals surface area contributed by atoms with Crippen LogP contribution in [0.1, 0.15) is 16.7 Å². The van der Waals surface area contributed by atoms with Crippen LogP contribution in [0, 0.1) is 0 Å². The van der Waals surface area contributed by atoms with Crippen molar-refractivity contribution in [2.75, 3.05) is 20.2 Å². The Kier molecular flexibility index (Phi) is 4.48. The van der Waals surface area contributed by atoms with Gasteiger partial charge >= 0.3 is 0 Å². The zero-order valence-corrected chi connectivity index (χ0v) is 14.4. The highest BCUT2D eigenvalue weighted by Crippen LogP contribution is 2.26. The van der Waals surface area contributed by atoms with E-state index in [1.165, 1.54) is 16.7 Å². The summed E-state index contributed by atoms with van der Waals surface area (Å²) in [6, 6.07) is 10.6. The molecule has 0 unspecified atom stereocenters. The van der Waals surface area contributed by atoms with E-state index in [1.807, 2.05) is 23.0 Å². The van der Waals surface area contributed by atoms with Gasteiger partial charge in [0.15, 0.2) is 0 Å². The maximum atomic E-state index is 5.53. The van der Waals surface area contributed by atoms with Crippen molar-refractivity contribution in [1.82, 2.24) is 19.4 Å². The summed E-state index contributed by atoms with van der Waals surface area (Å²) in [6.07, 6.45) is 9.49. The van der Waals surface area contributed by atoms with E-state index in [1.54, 1.807) is 19.6 Å². The molecule has 0 saturated carbocycles. The van der Waals surface area contributed by atoms with Crippen molar-refractivity contribution in [3.63, 3.8) is 0 Å². The summed E-state index contributed by atoms with van der Waals surface area (Å²) >= 11 is 0. The fourth-order valence-corrected chi connectivity index (χ4v) is 3.45. The Morgan fingerprint density at radius 2 is 2.04 bits per heavy atom. The van der Waals surface area contributed by atoms with Gasteiger partial charge < -0.3 is 4.74 Å². The third kappa shape index (κ3) is 3.42. The number of rotatable bonds is 4. The highest BCUT2D eigenvalue weighted by molar-refractivity contribution is 5.41. The lowest BCUT2D eigenvalue weighted by molar-refractivity contribution is 0.278. The number of pyridine rings is 1. The topological polar surface area (TPSA) is 43.2 Å². The molecule has 0 spiro atoms. The van der Waals surface area contributed by atoms with Crippen LogP contribution in [-0.2, 0) is 19.4 Å². The van der Waals surface area contributed by atoms with Crippen molar-refractivity contribution >= 4 is 0 Å². The van der Waals surface area contributed by atoms with Gasteiger partial charge in [-0.3, -0.25) is 9.47 Å². The summed E-state index contributed by atoms with van der Waals surface area (Å²) in [5, 5.41) is 0. The van der Waals surface area contributed by atoms with Crippen LogP contribution in [0.5, 0.6) is 5.75 Å². The van der Waals surface area contributed by atoms with Crippen LogP contribution >= 0.6 is 0 Å². The molecule has 0 amide bonds. The Morgan fingerprint density at radius 1 is 1.12 bits per heavy atom. The van der Waals surface area contributed by atoms with Gasteiger partial charge in [0.2, 0.25) is 0 Å². The summed E-state index contributed by atoms with van der Waals surface area (Å²) in [5.41, 5.74) is 4.01. The molecule has 3 aromatic rings. The van der Waals surface area contributed by atoms with Crippen LogP contribution in [0.4, 0.5) is 0 Å². The quantitative estimate of drug-likeness (QED) is 0.736. The van der Waals surface area contributed by atoms with Gasteiger partial charge in [-0.25, -0.2) is 9.97 Å².